The molecule has 1 amide bonds. The van der Waals surface area contributed by atoms with E-state index in [1.165, 1.54) is 12.1 Å². The Morgan fingerprint density at radius 1 is 1.39 bits per heavy atom. The third-order valence-electron chi connectivity index (χ3n) is 2.83. The Balaban J connectivity index is 2.21. The van der Waals surface area contributed by atoms with Gasteiger partial charge in [0.05, 0.1) is 11.7 Å². The predicted octanol–water partition coefficient (Wildman–Crippen LogP) is 0.0245. The van der Waals surface area contributed by atoms with E-state index in [1.807, 2.05) is 0 Å². The lowest BCUT2D eigenvalue weighted by atomic mass is 10.2. The number of hydrogen-bond donors (Lipinski definition) is 3. The van der Waals surface area contributed by atoms with Gasteiger partial charge in [-0.2, -0.15) is 0 Å². The largest absolute Gasteiger partial charge is 0.324 e. The molecule has 6 nitrogen and oxygen atoms in total. The Hall–Kier alpha value is -1.44. The summed E-state index contributed by atoms with van der Waals surface area (Å²) in [6, 6.07) is 5.83. The number of anilines is 1. The van der Waals surface area contributed by atoms with Gasteiger partial charge in [0.1, 0.15) is 4.90 Å². The highest BCUT2D eigenvalue weighted by molar-refractivity contribution is 7.89. The molecule has 0 aliphatic carbocycles. The minimum Gasteiger partial charge on any atom is -0.324 e. The lowest BCUT2D eigenvalue weighted by Gasteiger charge is -2.13. The minimum absolute atomic E-state index is 0.0728. The second kappa shape index (κ2) is 5.05. The SMILES string of the molecule is NS(=O)(=O)c1ccccc1NC(=O)[C@@H]1CCCN1. The van der Waals surface area contributed by atoms with Gasteiger partial charge in [-0.25, -0.2) is 13.6 Å². The van der Waals surface area contributed by atoms with Crippen LogP contribution < -0.4 is 15.8 Å². The first-order chi connectivity index (χ1) is 8.48. The van der Waals surface area contributed by atoms with Crippen molar-refractivity contribution in [3.8, 4) is 0 Å². The molecule has 98 valence electrons. The van der Waals surface area contributed by atoms with Gasteiger partial charge in [0.2, 0.25) is 15.9 Å². The highest BCUT2D eigenvalue weighted by Gasteiger charge is 2.23. The Morgan fingerprint density at radius 2 is 2.11 bits per heavy atom. The number of benzene rings is 1. The van der Waals surface area contributed by atoms with Crippen LogP contribution in [-0.4, -0.2) is 26.9 Å². The van der Waals surface area contributed by atoms with E-state index in [9.17, 15) is 13.2 Å². The van der Waals surface area contributed by atoms with Gasteiger partial charge in [-0.1, -0.05) is 12.1 Å². The molecule has 4 N–H and O–H groups in total. The van der Waals surface area contributed by atoms with Crippen LogP contribution in [0.5, 0.6) is 0 Å². The van der Waals surface area contributed by atoms with Gasteiger partial charge in [0.15, 0.2) is 0 Å². The molecule has 7 heteroatoms. The average molecular weight is 269 g/mol. The molecule has 1 fully saturated rings. The number of primary sulfonamides is 1. The molecule has 0 spiro atoms. The summed E-state index contributed by atoms with van der Waals surface area (Å²) in [6.45, 7) is 0.801. The molecule has 0 saturated carbocycles. The summed E-state index contributed by atoms with van der Waals surface area (Å²) in [5, 5.41) is 10.7. The van der Waals surface area contributed by atoms with Crippen LogP contribution in [0.4, 0.5) is 5.69 Å². The minimum atomic E-state index is -3.84. The van der Waals surface area contributed by atoms with Gasteiger partial charge in [-0.05, 0) is 31.5 Å². The molecule has 0 radical (unpaired) electrons. The summed E-state index contributed by atoms with van der Waals surface area (Å²) in [5.41, 5.74) is 0.221. The van der Waals surface area contributed by atoms with Crippen molar-refractivity contribution in [1.82, 2.24) is 5.32 Å². The summed E-state index contributed by atoms with van der Waals surface area (Å²) in [4.78, 5) is 11.8. The summed E-state index contributed by atoms with van der Waals surface area (Å²) >= 11 is 0. The molecule has 1 saturated heterocycles. The molecule has 1 aliphatic rings. The zero-order valence-electron chi connectivity index (χ0n) is 9.72. The lowest BCUT2D eigenvalue weighted by molar-refractivity contribution is -0.117. The molecule has 1 aliphatic heterocycles. The second-order valence-corrected chi connectivity index (χ2v) is 5.71. The second-order valence-electron chi connectivity index (χ2n) is 4.18. The van der Waals surface area contributed by atoms with Crippen molar-refractivity contribution in [2.24, 2.45) is 5.14 Å². The van der Waals surface area contributed by atoms with Gasteiger partial charge < -0.3 is 10.6 Å². The molecule has 18 heavy (non-hydrogen) atoms. The van der Waals surface area contributed by atoms with Gasteiger partial charge in [0, 0.05) is 0 Å². The number of sulfonamides is 1. The highest BCUT2D eigenvalue weighted by Crippen LogP contribution is 2.20. The van der Waals surface area contributed by atoms with Crippen LogP contribution in [0.2, 0.25) is 0 Å². The maximum absolute atomic E-state index is 11.9. The van der Waals surface area contributed by atoms with Crippen LogP contribution in [0.25, 0.3) is 0 Å². The molecular weight excluding hydrogens is 254 g/mol. The molecule has 0 bridgehead atoms. The number of carbonyl (C=O) groups excluding carboxylic acids is 1. The number of rotatable bonds is 3. The molecule has 1 aromatic rings. The number of nitrogens with one attached hydrogen (secondary N) is 2. The molecule has 0 aromatic heterocycles. The first-order valence-electron chi connectivity index (χ1n) is 5.64. The fourth-order valence-corrected chi connectivity index (χ4v) is 2.64. The normalized spacial score (nSPS) is 19.7. The van der Waals surface area contributed by atoms with E-state index >= 15 is 0 Å². The summed E-state index contributed by atoms with van der Waals surface area (Å²) in [5.74, 6) is -0.233. The van der Waals surface area contributed by atoms with E-state index in [-0.39, 0.29) is 22.5 Å². The maximum Gasteiger partial charge on any atom is 0.241 e. The zero-order valence-corrected chi connectivity index (χ0v) is 10.5. The van der Waals surface area contributed by atoms with Crippen molar-refractivity contribution >= 4 is 21.6 Å². The molecule has 1 heterocycles. The van der Waals surface area contributed by atoms with Gasteiger partial charge in [-0.15, -0.1) is 0 Å². The third-order valence-corrected chi connectivity index (χ3v) is 3.80. The van der Waals surface area contributed by atoms with Crippen molar-refractivity contribution in [2.75, 3.05) is 11.9 Å². The summed E-state index contributed by atoms with van der Waals surface area (Å²) < 4.78 is 22.7. The van der Waals surface area contributed by atoms with E-state index in [1.54, 1.807) is 12.1 Å². The van der Waals surface area contributed by atoms with Crippen LogP contribution in [0.3, 0.4) is 0 Å². The van der Waals surface area contributed by atoms with Crippen LogP contribution >= 0.6 is 0 Å². The van der Waals surface area contributed by atoms with Crippen molar-refractivity contribution in [3.05, 3.63) is 24.3 Å². The van der Waals surface area contributed by atoms with E-state index in [4.69, 9.17) is 5.14 Å². The lowest BCUT2D eigenvalue weighted by Crippen LogP contribution is -2.36. The van der Waals surface area contributed by atoms with Crippen LogP contribution in [0, 0.1) is 0 Å². The first-order valence-corrected chi connectivity index (χ1v) is 7.19. The quantitative estimate of drug-likeness (QED) is 0.720. The molecule has 2 rings (SSSR count). The Kier molecular flexibility index (Phi) is 3.65. The van der Waals surface area contributed by atoms with E-state index in [0.29, 0.717) is 0 Å². The van der Waals surface area contributed by atoms with Gasteiger partial charge in [-0.3, -0.25) is 4.79 Å². The van der Waals surface area contributed by atoms with Crippen LogP contribution in [-0.2, 0) is 14.8 Å². The van der Waals surface area contributed by atoms with Crippen LogP contribution in [0.15, 0.2) is 29.2 Å². The average Bonchev–Trinajstić information content (AvgIpc) is 2.81. The topological polar surface area (TPSA) is 101 Å². The zero-order chi connectivity index (χ0) is 13.2. The Bertz CT molecular complexity index is 550. The number of nitrogens with two attached hydrogens (primary N) is 1. The molecule has 1 atom stereocenters. The molecular formula is C11H15N3O3S. The number of amides is 1. The van der Waals surface area contributed by atoms with Gasteiger partial charge >= 0.3 is 0 Å². The standard InChI is InChI=1S/C11H15N3O3S/c12-18(16,17)10-6-2-1-4-8(10)14-11(15)9-5-3-7-13-9/h1-2,4,6,9,13H,3,5,7H2,(H,14,15)(H2,12,16,17)/t9-/m0/s1. The monoisotopic (exact) mass is 269 g/mol. The summed E-state index contributed by atoms with van der Waals surface area (Å²) in [6.07, 6.45) is 1.69. The Labute approximate surface area is 106 Å². The fraction of sp³-hybridized carbons (Fsp3) is 0.364. The maximum atomic E-state index is 11.9. The fourth-order valence-electron chi connectivity index (χ4n) is 1.95. The smallest absolute Gasteiger partial charge is 0.241 e. The predicted molar refractivity (Wildman–Crippen MR) is 67.5 cm³/mol. The van der Waals surface area contributed by atoms with Crippen LogP contribution in [0.1, 0.15) is 12.8 Å². The van der Waals surface area contributed by atoms with E-state index in [0.717, 1.165) is 19.4 Å². The van der Waals surface area contributed by atoms with Crippen molar-refractivity contribution in [3.63, 3.8) is 0 Å². The highest BCUT2D eigenvalue weighted by atomic mass is 32.2. The van der Waals surface area contributed by atoms with Crippen molar-refractivity contribution in [2.45, 2.75) is 23.8 Å². The molecule has 1 aromatic carbocycles. The van der Waals surface area contributed by atoms with E-state index in [2.05, 4.69) is 10.6 Å². The van der Waals surface area contributed by atoms with Crippen molar-refractivity contribution in [1.29, 1.82) is 0 Å². The Morgan fingerprint density at radius 3 is 2.72 bits per heavy atom. The molecule has 0 unspecified atom stereocenters. The summed E-state index contributed by atoms with van der Waals surface area (Å²) in [7, 11) is -3.84. The van der Waals surface area contributed by atoms with Crippen molar-refractivity contribution < 1.29 is 13.2 Å². The number of hydrogen-bond acceptors (Lipinski definition) is 4. The third kappa shape index (κ3) is 2.87. The number of carbonyl (C=O) groups is 1. The van der Waals surface area contributed by atoms with E-state index < -0.39 is 10.0 Å². The van der Waals surface area contributed by atoms with Gasteiger partial charge in [0.25, 0.3) is 0 Å². The number of para-hydroxylation sites is 1. The first kappa shape index (κ1) is 13.0.